The molecule has 0 heterocycles. The van der Waals surface area contributed by atoms with E-state index in [0.717, 1.165) is 5.57 Å². The van der Waals surface area contributed by atoms with Gasteiger partial charge in [-0.1, -0.05) is 18.2 Å². The number of alkyl halides is 2. The first-order valence-corrected chi connectivity index (χ1v) is 4.00. The van der Waals surface area contributed by atoms with Crippen molar-refractivity contribution in [1.82, 2.24) is 0 Å². The van der Waals surface area contributed by atoms with Crippen LogP contribution in [0.25, 0.3) is 0 Å². The molecule has 1 unspecified atom stereocenters. The zero-order chi connectivity index (χ0) is 8.32. The molecular weight excluding hydrogens is 163 g/mol. The zero-order valence-corrected chi connectivity index (χ0v) is 7.11. The van der Waals surface area contributed by atoms with Crippen molar-refractivity contribution in [3.63, 3.8) is 0 Å². The van der Waals surface area contributed by atoms with E-state index in [1.54, 1.807) is 12.2 Å². The summed E-state index contributed by atoms with van der Waals surface area (Å²) < 4.78 is 13.3. The summed E-state index contributed by atoms with van der Waals surface area (Å²) in [5.74, 6) is 0.359. The summed E-state index contributed by atoms with van der Waals surface area (Å²) >= 11 is 5.57. The van der Waals surface area contributed by atoms with Crippen molar-refractivity contribution in [3.05, 3.63) is 36.0 Å². The number of hydrogen-bond donors (Lipinski definition) is 0. The lowest BCUT2D eigenvalue weighted by Gasteiger charge is -2.09. The molecule has 0 radical (unpaired) electrons. The summed E-state index contributed by atoms with van der Waals surface area (Å²) in [4.78, 5) is 0. The Morgan fingerprint density at radius 3 is 2.91 bits per heavy atom. The molecule has 0 aromatic heterocycles. The topological polar surface area (TPSA) is 0 Å². The van der Waals surface area contributed by atoms with Crippen molar-refractivity contribution in [2.24, 2.45) is 0 Å². The van der Waals surface area contributed by atoms with Crippen LogP contribution in [0.4, 0.5) is 4.39 Å². The second-order valence-corrected chi connectivity index (χ2v) is 2.99. The third-order valence-corrected chi connectivity index (χ3v) is 1.77. The van der Waals surface area contributed by atoms with Gasteiger partial charge >= 0.3 is 0 Å². The third-order valence-electron chi connectivity index (χ3n) is 1.47. The van der Waals surface area contributed by atoms with Gasteiger partial charge < -0.3 is 0 Å². The molecule has 1 atom stereocenters. The number of allylic oxidation sites excluding steroid dienone is 6. The lowest BCUT2D eigenvalue weighted by Crippen LogP contribution is -2.09. The first kappa shape index (κ1) is 8.54. The normalized spacial score (nSPS) is 29.9. The number of hydrogen-bond acceptors (Lipinski definition) is 0. The second kappa shape index (κ2) is 3.22. The van der Waals surface area contributed by atoms with Gasteiger partial charge in [0.2, 0.25) is 0 Å². The molecule has 0 aliphatic heterocycles. The SMILES string of the molecule is CC1(F)C=CC=CC(CCl)=C1. The molecule has 0 N–H and O–H groups in total. The van der Waals surface area contributed by atoms with Gasteiger partial charge in [-0.05, 0) is 24.6 Å². The minimum absolute atomic E-state index is 0.359. The second-order valence-electron chi connectivity index (χ2n) is 2.72. The first-order valence-electron chi connectivity index (χ1n) is 3.46. The summed E-state index contributed by atoms with van der Waals surface area (Å²) in [6, 6.07) is 0. The minimum atomic E-state index is -1.35. The maximum absolute atomic E-state index is 13.3. The van der Waals surface area contributed by atoms with Crippen LogP contribution in [0.15, 0.2) is 36.0 Å². The molecule has 0 amide bonds. The van der Waals surface area contributed by atoms with Crippen molar-refractivity contribution in [2.45, 2.75) is 12.6 Å². The van der Waals surface area contributed by atoms with E-state index in [9.17, 15) is 4.39 Å². The molecule has 11 heavy (non-hydrogen) atoms. The zero-order valence-electron chi connectivity index (χ0n) is 6.35. The quantitative estimate of drug-likeness (QED) is 0.534. The molecule has 1 rings (SSSR count). The monoisotopic (exact) mass is 172 g/mol. The van der Waals surface area contributed by atoms with Crippen molar-refractivity contribution < 1.29 is 4.39 Å². The number of rotatable bonds is 1. The Bertz CT molecular complexity index is 224. The minimum Gasteiger partial charge on any atom is -0.235 e. The molecule has 1 aliphatic rings. The molecule has 2 heteroatoms. The Morgan fingerprint density at radius 1 is 1.55 bits per heavy atom. The molecular formula is C9H10ClF. The molecule has 0 fully saturated rings. The highest BCUT2D eigenvalue weighted by Gasteiger charge is 2.16. The average Bonchev–Trinajstić information content (AvgIpc) is 2.10. The van der Waals surface area contributed by atoms with Gasteiger partial charge in [-0.3, -0.25) is 0 Å². The van der Waals surface area contributed by atoms with Crippen molar-refractivity contribution in [1.29, 1.82) is 0 Å². The molecule has 0 aromatic carbocycles. The van der Waals surface area contributed by atoms with E-state index < -0.39 is 5.67 Å². The molecule has 0 aromatic rings. The summed E-state index contributed by atoms with van der Waals surface area (Å²) in [7, 11) is 0. The van der Waals surface area contributed by atoms with Crippen LogP contribution in [0.3, 0.4) is 0 Å². The summed E-state index contributed by atoms with van der Waals surface area (Å²) in [6.07, 6.45) is 8.33. The van der Waals surface area contributed by atoms with Crippen LogP contribution < -0.4 is 0 Å². The van der Waals surface area contributed by atoms with Gasteiger partial charge in [0.1, 0.15) is 5.67 Å². The smallest absolute Gasteiger partial charge is 0.145 e. The third kappa shape index (κ3) is 2.51. The van der Waals surface area contributed by atoms with E-state index in [1.807, 2.05) is 6.08 Å². The Labute approximate surface area is 71.1 Å². The van der Waals surface area contributed by atoms with Gasteiger partial charge in [0, 0.05) is 5.88 Å². The number of halogens is 2. The van der Waals surface area contributed by atoms with E-state index in [4.69, 9.17) is 11.6 Å². The van der Waals surface area contributed by atoms with Crippen LogP contribution in [0.2, 0.25) is 0 Å². The lowest BCUT2D eigenvalue weighted by atomic mass is 10.1. The van der Waals surface area contributed by atoms with Gasteiger partial charge in [-0.2, -0.15) is 0 Å². The largest absolute Gasteiger partial charge is 0.235 e. The van der Waals surface area contributed by atoms with Crippen LogP contribution in [0.1, 0.15) is 6.92 Å². The van der Waals surface area contributed by atoms with E-state index in [-0.39, 0.29) is 0 Å². The maximum atomic E-state index is 13.3. The van der Waals surface area contributed by atoms with Gasteiger partial charge in [-0.25, -0.2) is 4.39 Å². The van der Waals surface area contributed by atoms with Crippen LogP contribution in [0.5, 0.6) is 0 Å². The van der Waals surface area contributed by atoms with Crippen LogP contribution in [0, 0.1) is 0 Å². The van der Waals surface area contributed by atoms with E-state index in [0.29, 0.717) is 5.88 Å². The van der Waals surface area contributed by atoms with Crippen molar-refractivity contribution in [3.8, 4) is 0 Å². The Balaban J connectivity index is 2.90. The van der Waals surface area contributed by atoms with E-state index >= 15 is 0 Å². The van der Waals surface area contributed by atoms with Gasteiger partial charge in [0.15, 0.2) is 0 Å². The van der Waals surface area contributed by atoms with E-state index in [2.05, 4.69) is 0 Å². The predicted octanol–water partition coefficient (Wildman–Crippen LogP) is 3.01. The van der Waals surface area contributed by atoms with Crippen molar-refractivity contribution in [2.75, 3.05) is 5.88 Å². The standard InChI is InChI=1S/C9H10ClF/c1-9(11)5-3-2-4-8(6-9)7-10/h2-6H,7H2,1H3. The molecule has 0 saturated heterocycles. The van der Waals surface area contributed by atoms with Crippen LogP contribution in [-0.2, 0) is 0 Å². The fourth-order valence-electron chi connectivity index (χ4n) is 0.965. The highest BCUT2D eigenvalue weighted by molar-refractivity contribution is 6.19. The van der Waals surface area contributed by atoms with E-state index in [1.165, 1.54) is 19.1 Å². The summed E-state index contributed by atoms with van der Waals surface area (Å²) in [5, 5.41) is 0. The molecule has 0 spiro atoms. The molecule has 0 bridgehead atoms. The Hall–Kier alpha value is -0.560. The Morgan fingerprint density at radius 2 is 2.27 bits per heavy atom. The van der Waals surface area contributed by atoms with Crippen LogP contribution >= 0.6 is 11.6 Å². The fraction of sp³-hybridized carbons (Fsp3) is 0.333. The highest BCUT2D eigenvalue weighted by atomic mass is 35.5. The molecule has 0 nitrogen and oxygen atoms in total. The van der Waals surface area contributed by atoms with Gasteiger partial charge in [0.25, 0.3) is 0 Å². The highest BCUT2D eigenvalue weighted by Crippen LogP contribution is 2.20. The van der Waals surface area contributed by atoms with Gasteiger partial charge in [-0.15, -0.1) is 11.6 Å². The van der Waals surface area contributed by atoms with Crippen LogP contribution in [-0.4, -0.2) is 11.5 Å². The maximum Gasteiger partial charge on any atom is 0.145 e. The first-order chi connectivity index (χ1) is 5.14. The van der Waals surface area contributed by atoms with Crippen molar-refractivity contribution >= 4 is 11.6 Å². The molecule has 1 aliphatic carbocycles. The fourth-order valence-corrected chi connectivity index (χ4v) is 1.13. The average molecular weight is 173 g/mol. The summed E-state index contributed by atoms with van der Waals surface area (Å²) in [6.45, 7) is 1.50. The molecule has 0 saturated carbocycles. The predicted molar refractivity (Wildman–Crippen MR) is 46.6 cm³/mol. The van der Waals surface area contributed by atoms with Gasteiger partial charge in [0.05, 0.1) is 0 Å². The summed E-state index contributed by atoms with van der Waals surface area (Å²) in [5.41, 5.74) is -0.532. The molecule has 60 valence electrons. The lowest BCUT2D eigenvalue weighted by molar-refractivity contribution is 0.327. The Kier molecular flexibility index (Phi) is 2.50.